The highest BCUT2D eigenvalue weighted by Crippen LogP contribution is 2.10. The third-order valence-corrected chi connectivity index (χ3v) is 2.08. The maximum Gasteiger partial charge on any atom is 0.210 e. The lowest BCUT2D eigenvalue weighted by Gasteiger charge is -2.13. The molecule has 0 radical (unpaired) electrons. The summed E-state index contributed by atoms with van der Waals surface area (Å²) in [5.41, 5.74) is 1.02. The van der Waals surface area contributed by atoms with Gasteiger partial charge < -0.3 is 14.8 Å². The van der Waals surface area contributed by atoms with Gasteiger partial charge in [-0.25, -0.2) is 0 Å². The third kappa shape index (κ3) is 3.81. The Morgan fingerprint density at radius 2 is 1.87 bits per heavy atom. The van der Waals surface area contributed by atoms with Gasteiger partial charge in [0.25, 0.3) is 0 Å². The number of hydrogen-bond acceptors (Lipinski definition) is 3. The lowest BCUT2D eigenvalue weighted by molar-refractivity contribution is -0.121. The fourth-order valence-electron chi connectivity index (χ4n) is 1.22. The molecule has 0 bridgehead atoms. The fourth-order valence-corrected chi connectivity index (χ4v) is 1.22. The van der Waals surface area contributed by atoms with Gasteiger partial charge in [-0.05, 0) is 24.1 Å². The van der Waals surface area contributed by atoms with Crippen LogP contribution < -0.4 is 0 Å². The third-order valence-electron chi connectivity index (χ3n) is 2.08. The van der Waals surface area contributed by atoms with Crippen molar-refractivity contribution in [2.45, 2.75) is 6.42 Å². The summed E-state index contributed by atoms with van der Waals surface area (Å²) in [7, 11) is 0. The summed E-state index contributed by atoms with van der Waals surface area (Å²) in [6.45, 7) is 0.634. The van der Waals surface area contributed by atoms with Crippen molar-refractivity contribution >= 4 is 12.7 Å². The van der Waals surface area contributed by atoms with Gasteiger partial charge in [-0.3, -0.25) is 4.79 Å². The Labute approximate surface area is 88.1 Å². The van der Waals surface area contributed by atoms with E-state index in [1.54, 1.807) is 24.3 Å². The summed E-state index contributed by atoms with van der Waals surface area (Å²) >= 11 is 0. The number of phenols is 1. The second kappa shape index (κ2) is 5.80. The fraction of sp³-hybridized carbons (Fsp3) is 0.273. The van der Waals surface area contributed by atoms with Crippen molar-refractivity contribution in [3.05, 3.63) is 29.8 Å². The van der Waals surface area contributed by atoms with Crippen LogP contribution in [-0.2, 0) is 16.0 Å². The van der Waals surface area contributed by atoms with E-state index in [2.05, 4.69) is 0 Å². The molecule has 0 aliphatic carbocycles. The van der Waals surface area contributed by atoms with E-state index in [0.29, 0.717) is 25.7 Å². The summed E-state index contributed by atoms with van der Waals surface area (Å²) < 4.78 is 0. The zero-order valence-corrected chi connectivity index (χ0v) is 8.30. The predicted molar refractivity (Wildman–Crippen MR) is 55.5 cm³/mol. The molecule has 0 fully saturated rings. The first kappa shape index (κ1) is 11.2. The molecule has 1 aromatic carbocycles. The number of benzene rings is 1. The van der Waals surface area contributed by atoms with Crippen molar-refractivity contribution in [1.82, 2.24) is 4.90 Å². The normalized spacial score (nSPS) is 9.60. The van der Waals surface area contributed by atoms with E-state index in [1.807, 2.05) is 0 Å². The minimum absolute atomic E-state index is 0.127. The van der Waals surface area contributed by atoms with Crippen molar-refractivity contribution in [2.75, 3.05) is 13.1 Å². The Morgan fingerprint density at radius 3 is 2.40 bits per heavy atom. The zero-order valence-electron chi connectivity index (χ0n) is 8.30. The van der Waals surface area contributed by atoms with Crippen molar-refractivity contribution in [2.24, 2.45) is 0 Å². The summed E-state index contributed by atoms with van der Waals surface area (Å²) in [5, 5.41) is 9.05. The molecule has 0 saturated carbocycles. The number of carbonyl (C=O) groups is 2. The van der Waals surface area contributed by atoms with Gasteiger partial charge in [0, 0.05) is 6.54 Å². The van der Waals surface area contributed by atoms with Crippen LogP contribution >= 0.6 is 0 Å². The Balaban J connectivity index is 2.44. The average molecular weight is 207 g/mol. The molecule has 1 amide bonds. The highest BCUT2D eigenvalue weighted by Gasteiger charge is 2.00. The number of hydrogen-bond donors (Lipinski definition) is 1. The molecule has 0 saturated heterocycles. The number of aromatic hydroxyl groups is 1. The van der Waals surface area contributed by atoms with Gasteiger partial charge in [-0.1, -0.05) is 12.1 Å². The summed E-state index contributed by atoms with van der Waals surface area (Å²) in [6, 6.07) is 6.78. The predicted octanol–water partition coefficient (Wildman–Crippen LogP) is 0.592. The molecule has 1 aromatic rings. The first-order chi connectivity index (χ1) is 7.26. The second-order valence-corrected chi connectivity index (χ2v) is 3.18. The molecular formula is C11H13NO3. The Hall–Kier alpha value is -1.84. The van der Waals surface area contributed by atoms with E-state index >= 15 is 0 Å². The van der Waals surface area contributed by atoms with Crippen LogP contribution in [0.15, 0.2) is 24.3 Å². The van der Waals surface area contributed by atoms with Crippen molar-refractivity contribution in [1.29, 1.82) is 0 Å². The van der Waals surface area contributed by atoms with Crippen LogP contribution in [0.2, 0.25) is 0 Å². The first-order valence-electron chi connectivity index (χ1n) is 4.67. The quantitative estimate of drug-likeness (QED) is 0.695. The van der Waals surface area contributed by atoms with Crippen LogP contribution in [0.25, 0.3) is 0 Å². The lowest BCUT2D eigenvalue weighted by atomic mass is 10.1. The van der Waals surface area contributed by atoms with E-state index in [9.17, 15) is 9.59 Å². The second-order valence-electron chi connectivity index (χ2n) is 3.18. The van der Waals surface area contributed by atoms with Crippen LogP contribution in [0.4, 0.5) is 0 Å². The molecule has 1 N–H and O–H groups in total. The van der Waals surface area contributed by atoms with Crippen molar-refractivity contribution in [3.63, 3.8) is 0 Å². The van der Waals surface area contributed by atoms with Gasteiger partial charge in [0.1, 0.15) is 12.0 Å². The molecule has 0 aliphatic rings. The van der Waals surface area contributed by atoms with Crippen molar-refractivity contribution in [3.8, 4) is 5.75 Å². The Kier molecular flexibility index (Phi) is 4.34. The van der Waals surface area contributed by atoms with Crippen LogP contribution in [0.1, 0.15) is 5.56 Å². The van der Waals surface area contributed by atoms with E-state index in [4.69, 9.17) is 5.11 Å². The molecule has 0 spiro atoms. The van der Waals surface area contributed by atoms with E-state index < -0.39 is 0 Å². The highest BCUT2D eigenvalue weighted by atomic mass is 16.3. The smallest absolute Gasteiger partial charge is 0.210 e. The maximum atomic E-state index is 10.5. The number of carbonyl (C=O) groups excluding carboxylic acids is 2. The number of nitrogens with zero attached hydrogens (tertiary/aromatic N) is 1. The highest BCUT2D eigenvalue weighted by molar-refractivity contribution is 5.59. The number of rotatable bonds is 6. The van der Waals surface area contributed by atoms with E-state index in [-0.39, 0.29) is 12.3 Å². The first-order valence-corrected chi connectivity index (χ1v) is 4.67. The van der Waals surface area contributed by atoms with Crippen LogP contribution in [0.3, 0.4) is 0 Å². The molecule has 80 valence electrons. The molecule has 4 heteroatoms. The topological polar surface area (TPSA) is 57.6 Å². The number of amides is 1. The molecule has 0 atom stereocenters. The number of phenolic OH excluding ortho intramolecular Hbond substituents is 1. The largest absolute Gasteiger partial charge is 0.508 e. The molecule has 4 nitrogen and oxygen atoms in total. The lowest BCUT2D eigenvalue weighted by Crippen LogP contribution is -2.26. The zero-order chi connectivity index (χ0) is 11.1. The van der Waals surface area contributed by atoms with Gasteiger partial charge in [-0.2, -0.15) is 0 Å². The molecule has 1 rings (SSSR count). The molecule has 15 heavy (non-hydrogen) atoms. The monoisotopic (exact) mass is 207 g/mol. The number of aldehydes is 1. The van der Waals surface area contributed by atoms with Crippen LogP contribution in [0, 0.1) is 0 Å². The maximum absolute atomic E-state index is 10.5. The Bertz CT molecular complexity index is 321. The van der Waals surface area contributed by atoms with Gasteiger partial charge in [0.2, 0.25) is 6.41 Å². The molecule has 0 aliphatic heterocycles. The minimum atomic E-state index is 0.127. The van der Waals surface area contributed by atoms with Gasteiger partial charge in [0.05, 0.1) is 6.54 Å². The molecule has 0 unspecified atom stereocenters. The Morgan fingerprint density at radius 1 is 1.20 bits per heavy atom. The van der Waals surface area contributed by atoms with Gasteiger partial charge in [0.15, 0.2) is 0 Å². The van der Waals surface area contributed by atoms with Gasteiger partial charge >= 0.3 is 0 Å². The summed E-state index contributed by atoms with van der Waals surface area (Å²) in [4.78, 5) is 22.1. The van der Waals surface area contributed by atoms with E-state index in [1.165, 1.54) is 4.90 Å². The van der Waals surface area contributed by atoms with E-state index in [0.717, 1.165) is 5.56 Å². The SMILES string of the molecule is O=CCN(C=O)CCc1ccc(O)cc1. The average Bonchev–Trinajstić information content (AvgIpc) is 2.26. The van der Waals surface area contributed by atoms with Gasteiger partial charge in [-0.15, -0.1) is 0 Å². The van der Waals surface area contributed by atoms with Crippen molar-refractivity contribution < 1.29 is 14.7 Å². The molecule has 0 aromatic heterocycles. The molecular weight excluding hydrogens is 194 g/mol. The molecule has 0 heterocycles. The van der Waals surface area contributed by atoms with Crippen LogP contribution in [-0.4, -0.2) is 35.8 Å². The standard InChI is InChI=1S/C11H13NO3/c13-8-7-12(9-14)6-5-10-1-3-11(15)4-2-10/h1-4,8-9,15H,5-7H2. The van der Waals surface area contributed by atoms with Crippen LogP contribution in [0.5, 0.6) is 5.75 Å². The summed E-state index contributed by atoms with van der Waals surface area (Å²) in [5.74, 6) is 0.221. The summed E-state index contributed by atoms with van der Waals surface area (Å²) in [6.07, 6.45) is 2.03. The minimum Gasteiger partial charge on any atom is -0.508 e.